The zero-order chi connectivity index (χ0) is 13.8. The number of rotatable bonds is 1. The fraction of sp³-hybridized carbons (Fsp3) is 0.600. The molecule has 3 aliphatic heterocycles. The van der Waals surface area contributed by atoms with E-state index in [0.717, 1.165) is 4.24 Å². The molecule has 4 nitrogen and oxygen atoms in total. The van der Waals surface area contributed by atoms with Crippen molar-refractivity contribution in [3.63, 3.8) is 0 Å². The lowest BCUT2D eigenvalue weighted by Gasteiger charge is -2.10. The van der Waals surface area contributed by atoms with E-state index in [-0.39, 0.29) is 27.9 Å². The van der Waals surface area contributed by atoms with Crippen molar-refractivity contribution in [3.05, 3.63) is 9.14 Å². The Hall–Kier alpha value is 0.300. The summed E-state index contributed by atoms with van der Waals surface area (Å²) in [5, 5.41) is 0.185. The molecule has 0 saturated carbocycles. The fourth-order valence-corrected chi connectivity index (χ4v) is 10.4. The Kier molecular flexibility index (Phi) is 3.70. The largest absolute Gasteiger partial charge is 0.293 e. The molecular weight excluding hydrogens is 342 g/mol. The van der Waals surface area contributed by atoms with Gasteiger partial charge in [-0.05, 0) is 6.92 Å². The molecule has 2 atom stereocenters. The number of fused-ring (bicyclic) bond motifs is 1. The van der Waals surface area contributed by atoms with Crippen molar-refractivity contribution in [2.45, 2.75) is 17.4 Å². The Morgan fingerprint density at radius 1 is 1.32 bits per heavy atom. The van der Waals surface area contributed by atoms with Crippen molar-refractivity contribution >= 4 is 67.6 Å². The lowest BCUT2D eigenvalue weighted by Crippen LogP contribution is -2.27. The molecule has 19 heavy (non-hydrogen) atoms. The predicted octanol–water partition coefficient (Wildman–Crippen LogP) is 1.68. The third-order valence-electron chi connectivity index (χ3n) is 3.12. The monoisotopic (exact) mass is 353 g/mol. The Labute approximate surface area is 130 Å². The van der Waals surface area contributed by atoms with Gasteiger partial charge in [-0.1, -0.05) is 24.0 Å². The van der Waals surface area contributed by atoms with Gasteiger partial charge in [0, 0.05) is 17.0 Å². The van der Waals surface area contributed by atoms with E-state index in [1.54, 1.807) is 4.90 Å². The number of hydrogen-bond donors (Lipinski definition) is 0. The van der Waals surface area contributed by atoms with E-state index < -0.39 is 9.84 Å². The molecule has 3 saturated heterocycles. The second-order valence-electron chi connectivity index (χ2n) is 4.42. The molecule has 0 aromatic heterocycles. The number of thioether (sulfide) groups is 3. The van der Waals surface area contributed by atoms with Crippen LogP contribution < -0.4 is 0 Å². The molecule has 1 amide bonds. The van der Waals surface area contributed by atoms with E-state index in [2.05, 4.69) is 0 Å². The number of thiocarbonyl (C=S) groups is 1. The molecule has 0 aliphatic carbocycles. The van der Waals surface area contributed by atoms with Crippen molar-refractivity contribution < 1.29 is 13.2 Å². The topological polar surface area (TPSA) is 54.5 Å². The van der Waals surface area contributed by atoms with Crippen molar-refractivity contribution in [1.29, 1.82) is 0 Å². The normalized spacial score (nSPS) is 33.4. The van der Waals surface area contributed by atoms with Crippen LogP contribution in [0.2, 0.25) is 0 Å². The highest BCUT2D eigenvalue weighted by Crippen LogP contribution is 2.54. The SMILES string of the molecule is CCN1C(=O)C(=C2S[C@H]3CS(=O)(=O)C[C@@H]3S2)SC1=S. The molecule has 0 aromatic rings. The van der Waals surface area contributed by atoms with Crippen LogP contribution in [0.5, 0.6) is 0 Å². The molecule has 0 aromatic carbocycles. The van der Waals surface area contributed by atoms with Gasteiger partial charge in [0.1, 0.15) is 4.32 Å². The van der Waals surface area contributed by atoms with Crippen molar-refractivity contribution in [3.8, 4) is 0 Å². The van der Waals surface area contributed by atoms with Gasteiger partial charge in [-0.2, -0.15) is 0 Å². The van der Waals surface area contributed by atoms with Gasteiger partial charge in [0.15, 0.2) is 9.84 Å². The van der Waals surface area contributed by atoms with Crippen LogP contribution in [0.1, 0.15) is 6.92 Å². The van der Waals surface area contributed by atoms with Crippen LogP contribution >= 0.6 is 47.5 Å². The van der Waals surface area contributed by atoms with Crippen LogP contribution in [-0.2, 0) is 14.6 Å². The number of amides is 1. The van der Waals surface area contributed by atoms with Crippen LogP contribution in [0.3, 0.4) is 0 Å². The Bertz CT molecular complexity index is 574. The summed E-state index contributed by atoms with van der Waals surface area (Å²) < 4.78 is 24.6. The van der Waals surface area contributed by atoms with E-state index in [1.807, 2.05) is 6.92 Å². The summed E-state index contributed by atoms with van der Waals surface area (Å²) in [6.07, 6.45) is 0. The Balaban J connectivity index is 1.85. The first-order chi connectivity index (χ1) is 8.91. The number of nitrogens with zero attached hydrogens (tertiary/aromatic N) is 1. The van der Waals surface area contributed by atoms with Gasteiger partial charge >= 0.3 is 0 Å². The van der Waals surface area contributed by atoms with E-state index in [0.29, 0.717) is 15.8 Å². The zero-order valence-corrected chi connectivity index (χ0v) is 14.1. The third kappa shape index (κ3) is 2.48. The van der Waals surface area contributed by atoms with E-state index in [1.165, 1.54) is 35.3 Å². The van der Waals surface area contributed by atoms with Crippen LogP contribution in [0.25, 0.3) is 0 Å². The summed E-state index contributed by atoms with van der Waals surface area (Å²) in [6, 6.07) is 0. The smallest absolute Gasteiger partial charge is 0.267 e. The van der Waals surface area contributed by atoms with Gasteiger partial charge in [-0.25, -0.2) is 8.42 Å². The maximum Gasteiger partial charge on any atom is 0.267 e. The average molecular weight is 354 g/mol. The highest BCUT2D eigenvalue weighted by atomic mass is 32.2. The molecular formula is C10H11NO3S5. The molecule has 3 aliphatic rings. The van der Waals surface area contributed by atoms with Crippen molar-refractivity contribution in [2.75, 3.05) is 18.1 Å². The van der Waals surface area contributed by atoms with Gasteiger partial charge in [0.05, 0.1) is 20.6 Å². The summed E-state index contributed by atoms with van der Waals surface area (Å²) >= 11 is 9.59. The quantitative estimate of drug-likeness (QED) is 0.525. The molecule has 3 rings (SSSR count). The highest BCUT2D eigenvalue weighted by molar-refractivity contribution is 8.30. The third-order valence-corrected chi connectivity index (χ3v) is 10.2. The van der Waals surface area contributed by atoms with Gasteiger partial charge in [-0.3, -0.25) is 9.69 Å². The van der Waals surface area contributed by atoms with Gasteiger partial charge < -0.3 is 0 Å². The summed E-state index contributed by atoms with van der Waals surface area (Å²) in [5.41, 5.74) is 0. The van der Waals surface area contributed by atoms with Gasteiger partial charge in [-0.15, -0.1) is 23.5 Å². The minimum absolute atomic E-state index is 0.0321. The first kappa shape index (κ1) is 14.2. The summed E-state index contributed by atoms with van der Waals surface area (Å²) in [7, 11) is -2.88. The number of likely N-dealkylation sites (N-methyl/N-ethyl adjacent to an activating group) is 1. The lowest BCUT2D eigenvalue weighted by atomic mass is 10.4. The average Bonchev–Trinajstić information content (AvgIpc) is 2.87. The van der Waals surface area contributed by atoms with E-state index in [4.69, 9.17) is 12.2 Å². The molecule has 0 bridgehead atoms. The van der Waals surface area contributed by atoms with Gasteiger partial charge in [0.2, 0.25) is 0 Å². The Morgan fingerprint density at radius 2 is 1.89 bits per heavy atom. The lowest BCUT2D eigenvalue weighted by molar-refractivity contribution is -0.122. The molecule has 0 spiro atoms. The molecule has 0 radical (unpaired) electrons. The Morgan fingerprint density at radius 3 is 2.37 bits per heavy atom. The molecule has 0 unspecified atom stereocenters. The number of sulfone groups is 1. The second kappa shape index (κ2) is 4.94. The maximum atomic E-state index is 12.2. The first-order valence-corrected chi connectivity index (χ1v) is 10.5. The van der Waals surface area contributed by atoms with Crippen molar-refractivity contribution in [1.82, 2.24) is 4.90 Å². The van der Waals surface area contributed by atoms with Crippen LogP contribution in [-0.4, -0.2) is 52.1 Å². The highest BCUT2D eigenvalue weighted by Gasteiger charge is 2.46. The number of carbonyl (C=O) groups is 1. The molecule has 3 fully saturated rings. The van der Waals surface area contributed by atoms with Crippen LogP contribution in [0.4, 0.5) is 0 Å². The van der Waals surface area contributed by atoms with Crippen LogP contribution in [0, 0.1) is 0 Å². The second-order valence-corrected chi connectivity index (χ2v) is 11.0. The molecule has 0 N–H and O–H groups in total. The predicted molar refractivity (Wildman–Crippen MR) is 86.0 cm³/mol. The minimum atomic E-state index is -2.88. The van der Waals surface area contributed by atoms with Crippen molar-refractivity contribution in [2.24, 2.45) is 0 Å². The zero-order valence-electron chi connectivity index (χ0n) is 9.99. The fourth-order valence-electron chi connectivity index (χ4n) is 2.21. The summed E-state index contributed by atoms with van der Waals surface area (Å²) in [6.45, 7) is 2.48. The standard InChI is InChI=1S/C10H11NO3S5/c1-2-11-8(12)7(18-10(11)15)9-16-5-3-19(13,14)4-6(5)17-9/h5-6H,2-4H2,1H3/t5-,6-/m0/s1. The number of carbonyl (C=O) groups excluding carboxylic acids is 1. The number of hydrogen-bond acceptors (Lipinski definition) is 7. The van der Waals surface area contributed by atoms with E-state index in [9.17, 15) is 13.2 Å². The molecule has 9 heteroatoms. The molecule has 104 valence electrons. The minimum Gasteiger partial charge on any atom is -0.293 e. The maximum absolute atomic E-state index is 12.2. The molecule has 3 heterocycles. The van der Waals surface area contributed by atoms with Crippen LogP contribution in [0.15, 0.2) is 9.14 Å². The first-order valence-electron chi connectivity index (χ1n) is 5.73. The summed E-state index contributed by atoms with van der Waals surface area (Å²) in [5.74, 6) is 0.426. The summed E-state index contributed by atoms with van der Waals surface area (Å²) in [4.78, 5) is 14.5. The van der Waals surface area contributed by atoms with E-state index >= 15 is 0 Å². The van der Waals surface area contributed by atoms with Gasteiger partial charge in [0.25, 0.3) is 5.91 Å².